The molecule has 0 spiro atoms. The monoisotopic (exact) mass is 409 g/mol. The van der Waals surface area contributed by atoms with E-state index >= 15 is 0 Å². The molecule has 1 aromatic carbocycles. The minimum absolute atomic E-state index is 0.0127. The van der Waals surface area contributed by atoms with E-state index in [2.05, 4.69) is 10.1 Å². The van der Waals surface area contributed by atoms with Crippen molar-refractivity contribution in [1.82, 2.24) is 14.8 Å². The second-order valence-electron chi connectivity index (χ2n) is 6.83. The Morgan fingerprint density at radius 3 is 2.43 bits per heavy atom. The zero-order valence-corrected chi connectivity index (χ0v) is 16.2. The standard InChI is InChI=1S/C19H18F3N3O2S/c1-10(2)8-15-16(12-4-6-13(7-5-12)19(20,21)22)23-18(28-15)25-14(17(26)27)9-11(3)24-25/h4-7,9-10H,8H2,1-3H3,(H,26,27). The summed E-state index contributed by atoms with van der Waals surface area (Å²) in [6.07, 6.45) is -3.74. The molecule has 0 saturated carbocycles. The quantitative estimate of drug-likeness (QED) is 0.627. The molecule has 2 aromatic heterocycles. The van der Waals surface area contributed by atoms with Crippen LogP contribution in [0.25, 0.3) is 16.4 Å². The van der Waals surface area contributed by atoms with E-state index < -0.39 is 17.7 Å². The Kier molecular flexibility index (Phi) is 5.29. The summed E-state index contributed by atoms with van der Waals surface area (Å²) in [4.78, 5) is 16.9. The van der Waals surface area contributed by atoms with Gasteiger partial charge in [-0.05, 0) is 37.5 Å². The predicted octanol–water partition coefficient (Wildman–Crippen LogP) is 5.22. The first-order chi connectivity index (χ1) is 13.1. The number of hydrogen-bond acceptors (Lipinski definition) is 4. The Morgan fingerprint density at radius 2 is 1.89 bits per heavy atom. The Hall–Kier alpha value is -2.68. The normalized spacial score (nSPS) is 12.0. The van der Waals surface area contributed by atoms with Crippen LogP contribution in [0.5, 0.6) is 0 Å². The molecule has 5 nitrogen and oxygen atoms in total. The number of halogens is 3. The second kappa shape index (κ2) is 7.38. The number of aryl methyl sites for hydroxylation is 1. The Morgan fingerprint density at radius 1 is 1.25 bits per heavy atom. The van der Waals surface area contributed by atoms with E-state index in [0.29, 0.717) is 34.4 Å². The number of alkyl halides is 3. The van der Waals surface area contributed by atoms with Crippen molar-refractivity contribution in [2.45, 2.75) is 33.4 Å². The van der Waals surface area contributed by atoms with E-state index in [1.54, 1.807) is 6.92 Å². The lowest BCUT2D eigenvalue weighted by atomic mass is 10.0. The van der Waals surface area contributed by atoms with Crippen molar-refractivity contribution in [1.29, 1.82) is 0 Å². The van der Waals surface area contributed by atoms with E-state index in [0.717, 1.165) is 17.0 Å². The van der Waals surface area contributed by atoms with Crippen molar-refractivity contribution in [3.63, 3.8) is 0 Å². The van der Waals surface area contributed by atoms with Crippen LogP contribution in [-0.4, -0.2) is 25.8 Å². The highest BCUT2D eigenvalue weighted by atomic mass is 32.1. The summed E-state index contributed by atoms with van der Waals surface area (Å²) in [5.41, 5.74) is 0.891. The van der Waals surface area contributed by atoms with Crippen molar-refractivity contribution < 1.29 is 23.1 Å². The highest BCUT2D eigenvalue weighted by Gasteiger charge is 2.30. The topological polar surface area (TPSA) is 68.0 Å². The van der Waals surface area contributed by atoms with Gasteiger partial charge >= 0.3 is 12.1 Å². The zero-order valence-electron chi connectivity index (χ0n) is 15.4. The molecule has 3 rings (SSSR count). The maximum Gasteiger partial charge on any atom is 0.416 e. The lowest BCUT2D eigenvalue weighted by Gasteiger charge is -2.08. The molecule has 0 atom stereocenters. The van der Waals surface area contributed by atoms with Gasteiger partial charge in [-0.15, -0.1) is 0 Å². The van der Waals surface area contributed by atoms with Gasteiger partial charge in [-0.2, -0.15) is 23.0 Å². The Balaban J connectivity index is 2.10. The molecule has 0 unspecified atom stereocenters. The molecule has 2 heterocycles. The summed E-state index contributed by atoms with van der Waals surface area (Å²) in [7, 11) is 0. The van der Waals surface area contributed by atoms with Gasteiger partial charge in [0.05, 0.1) is 17.0 Å². The number of aromatic carboxylic acids is 1. The van der Waals surface area contributed by atoms with Crippen LogP contribution >= 0.6 is 11.3 Å². The largest absolute Gasteiger partial charge is 0.477 e. The SMILES string of the molecule is Cc1cc(C(=O)O)n(-c2nc(-c3ccc(C(F)(F)F)cc3)c(CC(C)C)s2)n1. The summed E-state index contributed by atoms with van der Waals surface area (Å²) in [5, 5.41) is 14.0. The molecule has 0 amide bonds. The van der Waals surface area contributed by atoms with E-state index in [9.17, 15) is 23.1 Å². The molecule has 1 N–H and O–H groups in total. The van der Waals surface area contributed by atoms with Crippen LogP contribution in [0.3, 0.4) is 0 Å². The number of rotatable bonds is 5. The maximum absolute atomic E-state index is 12.8. The number of carboxylic acids is 1. The summed E-state index contributed by atoms with van der Waals surface area (Å²) < 4.78 is 39.8. The zero-order chi connectivity index (χ0) is 20.6. The van der Waals surface area contributed by atoms with Crippen LogP contribution in [0, 0.1) is 12.8 Å². The number of aromatic nitrogens is 3. The molecular weight excluding hydrogens is 391 g/mol. The van der Waals surface area contributed by atoms with Crippen molar-refractivity contribution >= 4 is 17.3 Å². The minimum Gasteiger partial charge on any atom is -0.477 e. The number of thiazole rings is 1. The van der Waals surface area contributed by atoms with Gasteiger partial charge in [0.15, 0.2) is 5.69 Å². The van der Waals surface area contributed by atoms with Gasteiger partial charge in [0.25, 0.3) is 0 Å². The molecule has 28 heavy (non-hydrogen) atoms. The number of nitrogens with zero attached hydrogens (tertiary/aromatic N) is 3. The van der Waals surface area contributed by atoms with Crippen LogP contribution in [0.4, 0.5) is 13.2 Å². The lowest BCUT2D eigenvalue weighted by molar-refractivity contribution is -0.137. The first-order valence-corrected chi connectivity index (χ1v) is 9.35. The lowest BCUT2D eigenvalue weighted by Crippen LogP contribution is -2.07. The first kappa shape index (κ1) is 20.1. The second-order valence-corrected chi connectivity index (χ2v) is 7.89. The average Bonchev–Trinajstić information content (AvgIpc) is 3.17. The molecule has 0 aliphatic rings. The molecule has 0 bridgehead atoms. The molecule has 0 saturated heterocycles. The number of hydrogen-bond donors (Lipinski definition) is 1. The fourth-order valence-electron chi connectivity index (χ4n) is 2.78. The van der Waals surface area contributed by atoms with Gasteiger partial charge in [-0.25, -0.2) is 9.78 Å². The molecule has 148 valence electrons. The third-order valence-electron chi connectivity index (χ3n) is 4.00. The highest BCUT2D eigenvalue weighted by Crippen LogP contribution is 2.35. The third kappa shape index (κ3) is 4.09. The van der Waals surface area contributed by atoms with E-state index in [4.69, 9.17) is 0 Å². The molecular formula is C19H18F3N3O2S. The van der Waals surface area contributed by atoms with Gasteiger partial charge in [-0.3, -0.25) is 0 Å². The average molecular weight is 409 g/mol. The number of benzene rings is 1. The molecule has 0 fully saturated rings. The predicted molar refractivity (Wildman–Crippen MR) is 99.9 cm³/mol. The Bertz CT molecular complexity index is 1000. The highest BCUT2D eigenvalue weighted by molar-refractivity contribution is 7.14. The maximum atomic E-state index is 12.8. The molecule has 0 radical (unpaired) electrons. The third-order valence-corrected chi connectivity index (χ3v) is 5.05. The number of carboxylic acid groups (broad SMARTS) is 1. The minimum atomic E-state index is -4.41. The molecule has 9 heteroatoms. The van der Waals surface area contributed by atoms with Gasteiger partial charge in [0, 0.05) is 10.4 Å². The van der Waals surface area contributed by atoms with Crippen LogP contribution < -0.4 is 0 Å². The fraction of sp³-hybridized carbons (Fsp3) is 0.316. The molecule has 3 aromatic rings. The van der Waals surface area contributed by atoms with Crippen molar-refractivity contribution in [3.05, 3.63) is 52.2 Å². The van der Waals surface area contributed by atoms with Gasteiger partial charge in [0.2, 0.25) is 5.13 Å². The summed E-state index contributed by atoms with van der Waals surface area (Å²) >= 11 is 1.29. The first-order valence-electron chi connectivity index (χ1n) is 8.54. The van der Waals surface area contributed by atoms with Gasteiger partial charge in [-0.1, -0.05) is 37.3 Å². The number of carbonyl (C=O) groups is 1. The van der Waals surface area contributed by atoms with E-state index in [1.807, 2.05) is 13.8 Å². The van der Waals surface area contributed by atoms with Gasteiger partial charge < -0.3 is 5.11 Å². The van der Waals surface area contributed by atoms with E-state index in [-0.39, 0.29) is 5.69 Å². The fourth-order valence-corrected chi connectivity index (χ4v) is 4.04. The summed E-state index contributed by atoms with van der Waals surface area (Å²) in [5.74, 6) is -0.836. The van der Waals surface area contributed by atoms with Crippen LogP contribution in [0.2, 0.25) is 0 Å². The van der Waals surface area contributed by atoms with E-state index in [1.165, 1.54) is 34.2 Å². The van der Waals surface area contributed by atoms with Crippen LogP contribution in [0.15, 0.2) is 30.3 Å². The van der Waals surface area contributed by atoms with Crippen molar-refractivity contribution in [3.8, 4) is 16.4 Å². The van der Waals surface area contributed by atoms with Gasteiger partial charge in [0.1, 0.15) is 0 Å². The van der Waals surface area contributed by atoms with Crippen molar-refractivity contribution in [2.24, 2.45) is 5.92 Å². The molecule has 0 aliphatic heterocycles. The van der Waals surface area contributed by atoms with Crippen LogP contribution in [-0.2, 0) is 12.6 Å². The summed E-state index contributed by atoms with van der Waals surface area (Å²) in [6.45, 7) is 5.73. The smallest absolute Gasteiger partial charge is 0.416 e. The van der Waals surface area contributed by atoms with Crippen molar-refractivity contribution in [2.75, 3.05) is 0 Å². The summed E-state index contributed by atoms with van der Waals surface area (Å²) in [6, 6.07) is 6.27. The van der Waals surface area contributed by atoms with Crippen LogP contribution in [0.1, 0.15) is 40.5 Å². The Labute approximate surface area is 163 Å². The molecule has 0 aliphatic carbocycles.